The summed E-state index contributed by atoms with van der Waals surface area (Å²) in [5, 5.41) is 2.95. The van der Waals surface area contributed by atoms with E-state index in [0.717, 1.165) is 31.9 Å². The molecule has 3 aromatic rings. The van der Waals surface area contributed by atoms with Gasteiger partial charge >= 0.3 is 10.2 Å². The summed E-state index contributed by atoms with van der Waals surface area (Å²) in [5.74, 6) is -1.24. The van der Waals surface area contributed by atoms with Crippen LogP contribution in [0.5, 0.6) is 0 Å². The Morgan fingerprint density at radius 1 is 0.850 bits per heavy atom. The van der Waals surface area contributed by atoms with E-state index < -0.39 is 34.5 Å². The van der Waals surface area contributed by atoms with E-state index in [1.807, 2.05) is 74.5 Å². The molecule has 3 rings (SSSR count). The first kappa shape index (κ1) is 30.8. The summed E-state index contributed by atoms with van der Waals surface area (Å²) in [5.41, 5.74) is 1.77. The van der Waals surface area contributed by atoms with Gasteiger partial charge in [0.1, 0.15) is 18.4 Å². The zero-order valence-corrected chi connectivity index (χ0v) is 24.1. The van der Waals surface area contributed by atoms with Crippen molar-refractivity contribution in [3.63, 3.8) is 0 Å². The van der Waals surface area contributed by atoms with E-state index in [1.165, 1.54) is 31.1 Å². The number of carbonyl (C=O) groups excluding carboxylic acids is 2. The van der Waals surface area contributed by atoms with Crippen molar-refractivity contribution in [2.75, 3.05) is 31.5 Å². The minimum Gasteiger partial charge on any atom is -0.354 e. The number of hydrogen-bond donors (Lipinski definition) is 1. The molecule has 0 aliphatic heterocycles. The molecular formula is C30H37FN4O4S. The van der Waals surface area contributed by atoms with Crippen LogP contribution in [-0.4, -0.2) is 62.7 Å². The van der Waals surface area contributed by atoms with Crippen molar-refractivity contribution in [3.8, 4) is 0 Å². The maximum absolute atomic E-state index is 14.1. The molecule has 0 unspecified atom stereocenters. The summed E-state index contributed by atoms with van der Waals surface area (Å²) in [6.45, 7) is 3.89. The van der Waals surface area contributed by atoms with E-state index in [4.69, 9.17) is 0 Å². The largest absolute Gasteiger partial charge is 0.354 e. The van der Waals surface area contributed by atoms with Gasteiger partial charge in [-0.2, -0.15) is 12.7 Å². The molecular weight excluding hydrogens is 531 g/mol. The van der Waals surface area contributed by atoms with E-state index in [1.54, 1.807) is 0 Å². The van der Waals surface area contributed by atoms with Crippen LogP contribution >= 0.6 is 0 Å². The Hall–Kier alpha value is -3.76. The van der Waals surface area contributed by atoms with E-state index in [0.29, 0.717) is 6.54 Å². The maximum atomic E-state index is 14.1. The number of hydrogen-bond acceptors (Lipinski definition) is 4. The molecule has 1 N–H and O–H groups in total. The smallest absolute Gasteiger partial charge is 0.304 e. The summed E-state index contributed by atoms with van der Waals surface area (Å²) in [4.78, 5) is 29.1. The van der Waals surface area contributed by atoms with Crippen LogP contribution in [0.15, 0.2) is 84.9 Å². The molecule has 40 heavy (non-hydrogen) atoms. The maximum Gasteiger partial charge on any atom is 0.304 e. The van der Waals surface area contributed by atoms with Crippen LogP contribution in [0.3, 0.4) is 0 Å². The second-order valence-corrected chi connectivity index (χ2v) is 12.2. The van der Waals surface area contributed by atoms with Gasteiger partial charge in [-0.05, 0) is 41.3 Å². The molecule has 3 aromatic carbocycles. The van der Waals surface area contributed by atoms with Gasteiger partial charge in [-0.3, -0.25) is 9.59 Å². The highest BCUT2D eigenvalue weighted by Crippen LogP contribution is 2.22. The van der Waals surface area contributed by atoms with Gasteiger partial charge in [-0.1, -0.05) is 74.5 Å². The van der Waals surface area contributed by atoms with Crippen LogP contribution in [0.25, 0.3) is 0 Å². The summed E-state index contributed by atoms with van der Waals surface area (Å²) in [6.07, 6.45) is 0.236. The van der Waals surface area contributed by atoms with Gasteiger partial charge in [0.05, 0.1) is 5.69 Å². The van der Waals surface area contributed by atoms with Gasteiger partial charge in [-0.25, -0.2) is 8.70 Å². The second-order valence-electron chi connectivity index (χ2n) is 10.1. The molecule has 0 aliphatic rings. The van der Waals surface area contributed by atoms with Crippen molar-refractivity contribution in [2.24, 2.45) is 5.92 Å². The predicted molar refractivity (Wildman–Crippen MR) is 155 cm³/mol. The highest BCUT2D eigenvalue weighted by atomic mass is 32.2. The molecule has 0 fully saturated rings. The Labute approximate surface area is 236 Å². The van der Waals surface area contributed by atoms with Gasteiger partial charge in [0.25, 0.3) is 0 Å². The lowest BCUT2D eigenvalue weighted by Crippen LogP contribution is -2.54. The summed E-state index contributed by atoms with van der Waals surface area (Å²) in [6, 6.07) is 22.6. The van der Waals surface area contributed by atoms with Crippen molar-refractivity contribution in [2.45, 2.75) is 32.9 Å². The van der Waals surface area contributed by atoms with Crippen molar-refractivity contribution in [1.29, 1.82) is 0 Å². The highest BCUT2D eigenvalue weighted by molar-refractivity contribution is 7.90. The molecule has 0 aromatic heterocycles. The number of nitrogens with zero attached hydrogens (tertiary/aromatic N) is 3. The molecule has 8 nitrogen and oxygen atoms in total. The lowest BCUT2D eigenvalue weighted by Gasteiger charge is -2.34. The average Bonchev–Trinajstić information content (AvgIpc) is 2.93. The minimum absolute atomic E-state index is 0.0888. The number of anilines is 1. The fourth-order valence-corrected chi connectivity index (χ4v) is 5.14. The molecule has 0 bridgehead atoms. The van der Waals surface area contributed by atoms with E-state index >= 15 is 0 Å². The molecule has 1 atom stereocenters. The van der Waals surface area contributed by atoms with E-state index in [-0.39, 0.29) is 30.5 Å². The molecule has 0 radical (unpaired) electrons. The van der Waals surface area contributed by atoms with Gasteiger partial charge in [-0.15, -0.1) is 0 Å². The van der Waals surface area contributed by atoms with Crippen molar-refractivity contribution in [1.82, 2.24) is 14.5 Å². The zero-order chi connectivity index (χ0) is 29.3. The van der Waals surface area contributed by atoms with Crippen LogP contribution < -0.4 is 9.62 Å². The van der Waals surface area contributed by atoms with Gasteiger partial charge in [0.15, 0.2) is 0 Å². The molecule has 0 spiro atoms. The molecule has 214 valence electrons. The van der Waals surface area contributed by atoms with Crippen LogP contribution in [0.1, 0.15) is 25.0 Å². The molecule has 0 aliphatic carbocycles. The summed E-state index contributed by atoms with van der Waals surface area (Å²) < 4.78 is 42.2. The number of amides is 2. The summed E-state index contributed by atoms with van der Waals surface area (Å²) >= 11 is 0. The number of carbonyl (C=O) groups is 2. The van der Waals surface area contributed by atoms with Crippen LogP contribution in [0.2, 0.25) is 0 Å². The molecule has 0 heterocycles. The Balaban J connectivity index is 2.06. The lowest BCUT2D eigenvalue weighted by atomic mass is 10.0. The van der Waals surface area contributed by atoms with Gasteiger partial charge in [0.2, 0.25) is 11.8 Å². The third-order valence-corrected chi connectivity index (χ3v) is 8.10. The Morgan fingerprint density at radius 2 is 1.40 bits per heavy atom. The Bertz CT molecular complexity index is 1350. The highest BCUT2D eigenvalue weighted by Gasteiger charge is 2.34. The van der Waals surface area contributed by atoms with E-state index in [9.17, 15) is 22.4 Å². The first-order valence-electron chi connectivity index (χ1n) is 13.1. The SMILES string of the molecule is CC(C)CNC(=O)[C@H](Cc1ccccc1)N(Cc1ccccc1)C(=O)CN(c1ccc(F)cc1)S(=O)(=O)N(C)C. The topological polar surface area (TPSA) is 90.0 Å². The monoisotopic (exact) mass is 568 g/mol. The first-order chi connectivity index (χ1) is 19.0. The second kappa shape index (κ2) is 14.0. The average molecular weight is 569 g/mol. The van der Waals surface area contributed by atoms with Crippen molar-refractivity contribution >= 4 is 27.7 Å². The van der Waals surface area contributed by atoms with Crippen LogP contribution in [-0.2, 0) is 32.8 Å². The quantitative estimate of drug-likeness (QED) is 0.339. The van der Waals surface area contributed by atoms with E-state index in [2.05, 4.69) is 5.32 Å². The normalized spacial score (nSPS) is 12.3. The predicted octanol–water partition coefficient (Wildman–Crippen LogP) is 3.85. The van der Waals surface area contributed by atoms with Gasteiger partial charge in [0, 0.05) is 33.6 Å². The molecule has 0 saturated heterocycles. The lowest BCUT2D eigenvalue weighted by molar-refractivity contribution is -0.140. The number of rotatable bonds is 13. The third kappa shape index (κ3) is 8.37. The minimum atomic E-state index is -4.14. The standard InChI is InChI=1S/C30H37FN4O4S/c1-23(2)20-32-30(37)28(19-24-11-7-5-8-12-24)34(21-25-13-9-6-10-14-25)29(36)22-35(40(38,39)33(3)4)27-17-15-26(31)16-18-27/h5-18,23,28H,19-22H2,1-4H3,(H,32,37)/t28-/m0/s1. The number of benzene rings is 3. The third-order valence-electron chi connectivity index (χ3n) is 6.28. The number of nitrogens with one attached hydrogen (secondary N) is 1. The molecule has 10 heteroatoms. The Morgan fingerprint density at radius 3 is 1.93 bits per heavy atom. The zero-order valence-electron chi connectivity index (χ0n) is 23.3. The van der Waals surface area contributed by atoms with Crippen LogP contribution in [0.4, 0.5) is 10.1 Å². The fourth-order valence-electron chi connectivity index (χ4n) is 4.08. The van der Waals surface area contributed by atoms with Crippen molar-refractivity contribution in [3.05, 3.63) is 102 Å². The molecule has 0 saturated carbocycles. The van der Waals surface area contributed by atoms with Crippen LogP contribution in [0, 0.1) is 11.7 Å². The van der Waals surface area contributed by atoms with Gasteiger partial charge < -0.3 is 10.2 Å². The number of halogens is 1. The Kier molecular flexibility index (Phi) is 10.8. The summed E-state index contributed by atoms with van der Waals surface area (Å²) in [7, 11) is -1.42. The first-order valence-corrected chi connectivity index (χ1v) is 14.5. The molecule has 2 amide bonds. The fraction of sp³-hybridized carbons (Fsp3) is 0.333. The van der Waals surface area contributed by atoms with Crippen molar-refractivity contribution < 1.29 is 22.4 Å².